The number of amides is 1. The first kappa shape index (κ1) is 16.2. The van der Waals surface area contributed by atoms with Crippen molar-refractivity contribution in [2.75, 3.05) is 6.54 Å². The van der Waals surface area contributed by atoms with Gasteiger partial charge in [0.25, 0.3) is 5.91 Å². The third-order valence-electron chi connectivity index (χ3n) is 4.57. The molecule has 0 spiro atoms. The van der Waals surface area contributed by atoms with E-state index in [9.17, 15) is 4.79 Å². The fourth-order valence-corrected chi connectivity index (χ4v) is 3.13. The van der Waals surface area contributed by atoms with Crippen LogP contribution >= 0.6 is 0 Å². The van der Waals surface area contributed by atoms with Crippen LogP contribution < -0.4 is 5.32 Å². The lowest BCUT2D eigenvalue weighted by atomic mass is 10.0. The van der Waals surface area contributed by atoms with Crippen molar-refractivity contribution in [1.29, 1.82) is 0 Å². The van der Waals surface area contributed by atoms with Gasteiger partial charge >= 0.3 is 0 Å². The summed E-state index contributed by atoms with van der Waals surface area (Å²) in [6.45, 7) is 0.620. The number of carbonyl (C=O) groups is 1. The molecule has 3 nitrogen and oxygen atoms in total. The molecule has 0 aliphatic rings. The van der Waals surface area contributed by atoms with Crippen molar-refractivity contribution in [3.63, 3.8) is 0 Å². The highest BCUT2D eigenvalue weighted by Gasteiger charge is 2.06. The van der Waals surface area contributed by atoms with Crippen LogP contribution in [0, 0.1) is 0 Å². The maximum atomic E-state index is 12.3. The fourth-order valence-electron chi connectivity index (χ4n) is 3.13. The number of fused-ring (bicyclic) bond motifs is 1. The van der Waals surface area contributed by atoms with Crippen LogP contribution in [0.25, 0.3) is 22.0 Å². The number of benzene rings is 3. The third-order valence-corrected chi connectivity index (χ3v) is 4.57. The smallest absolute Gasteiger partial charge is 0.251 e. The molecule has 26 heavy (non-hydrogen) atoms. The van der Waals surface area contributed by atoms with Gasteiger partial charge in [0.1, 0.15) is 0 Å². The molecule has 3 heteroatoms. The van der Waals surface area contributed by atoms with Crippen molar-refractivity contribution >= 4 is 16.8 Å². The standard InChI is InChI=1S/C23H20N2O/c26-23(20-9-7-19(8-10-20)18-4-2-1-3-5-18)25-14-12-17-6-11-22-21(16-17)13-15-24-22/h1-11,13,15-16,24H,12,14H2,(H,25,26). The molecule has 4 rings (SSSR count). The Morgan fingerprint density at radius 3 is 2.42 bits per heavy atom. The van der Waals surface area contributed by atoms with Crippen molar-refractivity contribution in [2.45, 2.75) is 6.42 Å². The summed E-state index contributed by atoms with van der Waals surface area (Å²) in [6.07, 6.45) is 2.75. The van der Waals surface area contributed by atoms with Crippen LogP contribution in [-0.4, -0.2) is 17.4 Å². The fraction of sp³-hybridized carbons (Fsp3) is 0.0870. The Bertz CT molecular complexity index is 1020. The number of nitrogens with one attached hydrogen (secondary N) is 2. The molecule has 128 valence electrons. The van der Waals surface area contributed by atoms with Crippen molar-refractivity contribution in [3.8, 4) is 11.1 Å². The van der Waals surface area contributed by atoms with Gasteiger partial charge in [-0.15, -0.1) is 0 Å². The maximum Gasteiger partial charge on any atom is 0.251 e. The molecule has 0 bridgehead atoms. The predicted molar refractivity (Wildman–Crippen MR) is 106 cm³/mol. The molecular formula is C23H20N2O. The molecule has 1 aromatic heterocycles. The Labute approximate surface area is 152 Å². The van der Waals surface area contributed by atoms with Gasteiger partial charge < -0.3 is 10.3 Å². The summed E-state index contributed by atoms with van der Waals surface area (Å²) in [4.78, 5) is 15.5. The van der Waals surface area contributed by atoms with E-state index < -0.39 is 0 Å². The average Bonchev–Trinajstić information content (AvgIpc) is 3.16. The molecule has 1 heterocycles. The van der Waals surface area contributed by atoms with Crippen LogP contribution in [0.1, 0.15) is 15.9 Å². The Kier molecular flexibility index (Phi) is 4.52. The quantitative estimate of drug-likeness (QED) is 0.538. The summed E-state index contributed by atoms with van der Waals surface area (Å²) in [6, 6.07) is 26.3. The van der Waals surface area contributed by atoms with Crippen molar-refractivity contribution in [3.05, 3.63) is 96.2 Å². The largest absolute Gasteiger partial charge is 0.361 e. The topological polar surface area (TPSA) is 44.9 Å². The summed E-state index contributed by atoms with van der Waals surface area (Å²) in [7, 11) is 0. The zero-order valence-electron chi connectivity index (χ0n) is 14.4. The van der Waals surface area contributed by atoms with E-state index in [4.69, 9.17) is 0 Å². The molecule has 0 saturated heterocycles. The summed E-state index contributed by atoms with van der Waals surface area (Å²) in [5, 5.41) is 4.20. The van der Waals surface area contributed by atoms with Gasteiger partial charge in [0.15, 0.2) is 0 Å². The summed E-state index contributed by atoms with van der Waals surface area (Å²) in [5.41, 5.74) is 5.31. The molecule has 0 fully saturated rings. The second kappa shape index (κ2) is 7.28. The van der Waals surface area contributed by atoms with E-state index >= 15 is 0 Å². The lowest BCUT2D eigenvalue weighted by Crippen LogP contribution is -2.25. The molecule has 0 saturated carbocycles. The highest BCUT2D eigenvalue weighted by Crippen LogP contribution is 2.19. The zero-order chi connectivity index (χ0) is 17.8. The van der Waals surface area contributed by atoms with Gasteiger partial charge in [-0.25, -0.2) is 0 Å². The maximum absolute atomic E-state index is 12.3. The van der Waals surface area contributed by atoms with Crippen molar-refractivity contribution in [2.24, 2.45) is 0 Å². The first-order chi connectivity index (χ1) is 12.8. The molecule has 0 aliphatic carbocycles. The highest BCUT2D eigenvalue weighted by molar-refractivity contribution is 5.94. The average molecular weight is 340 g/mol. The lowest BCUT2D eigenvalue weighted by molar-refractivity contribution is 0.0954. The number of hydrogen-bond acceptors (Lipinski definition) is 1. The van der Waals surface area contributed by atoms with Crippen LogP contribution in [0.4, 0.5) is 0 Å². The van der Waals surface area contributed by atoms with E-state index in [2.05, 4.69) is 46.7 Å². The number of aromatic nitrogens is 1. The Balaban J connectivity index is 1.35. The second-order valence-electron chi connectivity index (χ2n) is 6.35. The molecular weight excluding hydrogens is 320 g/mol. The van der Waals surface area contributed by atoms with Crippen LogP contribution in [0.5, 0.6) is 0 Å². The third kappa shape index (κ3) is 3.52. The highest BCUT2D eigenvalue weighted by atomic mass is 16.1. The number of hydrogen-bond donors (Lipinski definition) is 2. The molecule has 1 amide bonds. The van der Waals surface area contributed by atoms with Gasteiger partial charge in [0, 0.05) is 23.8 Å². The van der Waals surface area contributed by atoms with E-state index in [0.717, 1.165) is 23.1 Å². The minimum atomic E-state index is -0.0349. The molecule has 0 atom stereocenters. The summed E-state index contributed by atoms with van der Waals surface area (Å²) < 4.78 is 0. The monoisotopic (exact) mass is 340 g/mol. The van der Waals surface area contributed by atoms with Gasteiger partial charge in [0.05, 0.1) is 0 Å². The normalized spacial score (nSPS) is 10.8. The molecule has 3 aromatic carbocycles. The Hall–Kier alpha value is -3.33. The Morgan fingerprint density at radius 1 is 0.846 bits per heavy atom. The van der Waals surface area contributed by atoms with Gasteiger partial charge in [-0.3, -0.25) is 4.79 Å². The summed E-state index contributed by atoms with van der Waals surface area (Å²) in [5.74, 6) is -0.0349. The van der Waals surface area contributed by atoms with Crippen LogP contribution in [0.15, 0.2) is 85.1 Å². The minimum absolute atomic E-state index is 0.0349. The second-order valence-corrected chi connectivity index (χ2v) is 6.35. The van der Waals surface area contributed by atoms with E-state index in [1.807, 2.05) is 48.7 Å². The molecule has 0 unspecified atom stereocenters. The van der Waals surface area contributed by atoms with Crippen LogP contribution in [0.2, 0.25) is 0 Å². The lowest BCUT2D eigenvalue weighted by Gasteiger charge is -2.07. The molecule has 0 radical (unpaired) electrons. The van der Waals surface area contributed by atoms with Gasteiger partial charge in [-0.1, -0.05) is 48.5 Å². The van der Waals surface area contributed by atoms with Gasteiger partial charge in [-0.2, -0.15) is 0 Å². The number of carbonyl (C=O) groups excluding carboxylic acids is 1. The van der Waals surface area contributed by atoms with E-state index in [0.29, 0.717) is 12.1 Å². The first-order valence-corrected chi connectivity index (χ1v) is 8.79. The number of rotatable bonds is 5. The number of H-pyrrole nitrogens is 1. The zero-order valence-corrected chi connectivity index (χ0v) is 14.4. The SMILES string of the molecule is O=C(NCCc1ccc2[nH]ccc2c1)c1ccc(-c2ccccc2)cc1. The number of aromatic amines is 1. The van der Waals surface area contributed by atoms with Gasteiger partial charge in [0.2, 0.25) is 0 Å². The van der Waals surface area contributed by atoms with E-state index in [-0.39, 0.29) is 5.91 Å². The molecule has 2 N–H and O–H groups in total. The minimum Gasteiger partial charge on any atom is -0.361 e. The van der Waals surface area contributed by atoms with Crippen LogP contribution in [0.3, 0.4) is 0 Å². The van der Waals surface area contributed by atoms with Crippen LogP contribution in [-0.2, 0) is 6.42 Å². The predicted octanol–water partition coefficient (Wildman–Crippen LogP) is 4.81. The van der Waals surface area contributed by atoms with Crippen molar-refractivity contribution in [1.82, 2.24) is 10.3 Å². The van der Waals surface area contributed by atoms with Crippen molar-refractivity contribution < 1.29 is 4.79 Å². The van der Waals surface area contributed by atoms with E-state index in [1.54, 1.807) is 0 Å². The molecule has 4 aromatic rings. The summed E-state index contributed by atoms with van der Waals surface area (Å²) >= 11 is 0. The Morgan fingerprint density at radius 2 is 1.62 bits per heavy atom. The first-order valence-electron chi connectivity index (χ1n) is 8.79. The molecule has 0 aliphatic heterocycles. The van der Waals surface area contributed by atoms with E-state index in [1.165, 1.54) is 10.9 Å². The van der Waals surface area contributed by atoms with Gasteiger partial charge in [-0.05, 0) is 58.8 Å².